The van der Waals surface area contributed by atoms with Crippen molar-refractivity contribution in [3.8, 4) is 22.8 Å². The molecule has 224 valence electrons. The van der Waals surface area contributed by atoms with Crippen LogP contribution in [0.2, 0.25) is 0 Å². The van der Waals surface area contributed by atoms with Crippen molar-refractivity contribution in [1.29, 1.82) is 0 Å². The number of ether oxygens (including phenoxy) is 1. The minimum Gasteiger partial charge on any atom is -0.495 e. The lowest BCUT2D eigenvalue weighted by molar-refractivity contribution is -0.143. The van der Waals surface area contributed by atoms with Crippen molar-refractivity contribution in [3.05, 3.63) is 90.5 Å². The molecule has 0 spiro atoms. The predicted molar refractivity (Wildman–Crippen MR) is 171 cm³/mol. The van der Waals surface area contributed by atoms with Crippen LogP contribution >= 0.6 is 11.8 Å². The number of methoxy groups -OCH3 is 1. The Morgan fingerprint density at radius 1 is 0.953 bits per heavy atom. The fraction of sp³-hybridized carbons (Fsp3) is 0.353. The molecule has 0 aliphatic carbocycles. The average molecular weight is 598 g/mol. The van der Waals surface area contributed by atoms with Gasteiger partial charge in [-0.15, -0.1) is 10.2 Å². The molecule has 1 saturated heterocycles. The number of carbonyl (C=O) groups is 2. The van der Waals surface area contributed by atoms with E-state index in [-0.39, 0.29) is 23.8 Å². The third kappa shape index (κ3) is 6.94. The van der Waals surface area contributed by atoms with Crippen molar-refractivity contribution >= 4 is 23.6 Å². The molecule has 5 rings (SSSR count). The van der Waals surface area contributed by atoms with Gasteiger partial charge in [-0.25, -0.2) is 0 Å². The summed E-state index contributed by atoms with van der Waals surface area (Å²) in [5, 5.41) is 9.79. The van der Waals surface area contributed by atoms with E-state index in [4.69, 9.17) is 4.74 Å². The van der Waals surface area contributed by atoms with Gasteiger partial charge in [-0.05, 0) is 37.5 Å². The van der Waals surface area contributed by atoms with Crippen LogP contribution < -0.4 is 4.74 Å². The topological polar surface area (TPSA) is 80.6 Å². The van der Waals surface area contributed by atoms with E-state index in [1.54, 1.807) is 18.9 Å². The molecule has 0 bridgehead atoms. The first-order chi connectivity index (χ1) is 21.0. The lowest BCUT2D eigenvalue weighted by Gasteiger charge is -2.41. The first-order valence-corrected chi connectivity index (χ1v) is 15.9. The van der Waals surface area contributed by atoms with Crippen molar-refractivity contribution in [1.82, 2.24) is 24.6 Å². The SMILES string of the molecule is CCC(C(=O)N1CCN(C(=O)CCCSc2nnc(-c3ccccc3)n2-c2ccccc2OC)CC1C)c1ccccc1. The summed E-state index contributed by atoms with van der Waals surface area (Å²) in [6.45, 7) is 5.79. The lowest BCUT2D eigenvalue weighted by atomic mass is 9.94. The zero-order valence-electron chi connectivity index (χ0n) is 25.1. The van der Waals surface area contributed by atoms with Gasteiger partial charge in [-0.3, -0.25) is 14.2 Å². The summed E-state index contributed by atoms with van der Waals surface area (Å²) < 4.78 is 7.68. The van der Waals surface area contributed by atoms with Gasteiger partial charge in [0.25, 0.3) is 0 Å². The van der Waals surface area contributed by atoms with E-state index >= 15 is 0 Å². The molecule has 1 fully saturated rings. The monoisotopic (exact) mass is 597 g/mol. The molecule has 9 heteroatoms. The van der Waals surface area contributed by atoms with E-state index in [0.29, 0.717) is 32.5 Å². The molecular formula is C34H39N5O3S. The van der Waals surface area contributed by atoms with E-state index in [1.165, 1.54) is 0 Å². The molecule has 3 aromatic carbocycles. The van der Waals surface area contributed by atoms with Gasteiger partial charge in [-0.1, -0.05) is 91.5 Å². The van der Waals surface area contributed by atoms with Gasteiger partial charge in [0.2, 0.25) is 11.8 Å². The molecule has 1 aliphatic heterocycles. The van der Waals surface area contributed by atoms with Gasteiger partial charge in [0.1, 0.15) is 5.75 Å². The summed E-state index contributed by atoms with van der Waals surface area (Å²) in [5.41, 5.74) is 2.88. The van der Waals surface area contributed by atoms with Gasteiger partial charge in [0.15, 0.2) is 11.0 Å². The second kappa shape index (κ2) is 14.4. The molecule has 4 aromatic rings. The molecule has 0 N–H and O–H groups in total. The zero-order valence-corrected chi connectivity index (χ0v) is 25.9. The van der Waals surface area contributed by atoms with Crippen molar-refractivity contribution in [2.75, 3.05) is 32.5 Å². The number of rotatable bonds is 11. The smallest absolute Gasteiger partial charge is 0.230 e. The maximum atomic E-state index is 13.4. The summed E-state index contributed by atoms with van der Waals surface area (Å²) in [6.07, 6.45) is 1.91. The van der Waals surface area contributed by atoms with Crippen LogP contribution in [0, 0.1) is 0 Å². The van der Waals surface area contributed by atoms with Gasteiger partial charge in [0.05, 0.1) is 18.7 Å². The highest BCUT2D eigenvalue weighted by atomic mass is 32.2. The van der Waals surface area contributed by atoms with Gasteiger partial charge >= 0.3 is 0 Å². The minimum absolute atomic E-state index is 0.0202. The second-order valence-electron chi connectivity index (χ2n) is 10.7. The van der Waals surface area contributed by atoms with Crippen molar-refractivity contribution in [2.45, 2.75) is 50.2 Å². The molecule has 1 aromatic heterocycles. The highest BCUT2D eigenvalue weighted by Crippen LogP contribution is 2.33. The number of thioether (sulfide) groups is 1. The van der Waals surface area contributed by atoms with E-state index in [2.05, 4.69) is 17.1 Å². The number of aromatic nitrogens is 3. The van der Waals surface area contributed by atoms with Crippen LogP contribution in [0.15, 0.2) is 90.1 Å². The number of carbonyl (C=O) groups excluding carboxylic acids is 2. The third-order valence-electron chi connectivity index (χ3n) is 7.93. The third-order valence-corrected chi connectivity index (χ3v) is 8.94. The fourth-order valence-corrected chi connectivity index (χ4v) is 6.55. The molecule has 2 heterocycles. The number of para-hydroxylation sites is 2. The Labute approximate surface area is 258 Å². The Balaban J connectivity index is 1.18. The van der Waals surface area contributed by atoms with Crippen LogP contribution in [0.25, 0.3) is 17.1 Å². The van der Waals surface area contributed by atoms with Crippen LogP contribution in [0.1, 0.15) is 44.6 Å². The Morgan fingerprint density at radius 2 is 1.65 bits per heavy atom. The molecule has 2 atom stereocenters. The lowest BCUT2D eigenvalue weighted by Crippen LogP contribution is -2.56. The quantitative estimate of drug-likeness (QED) is 0.154. The zero-order chi connectivity index (χ0) is 30.2. The largest absolute Gasteiger partial charge is 0.495 e. The van der Waals surface area contributed by atoms with Crippen molar-refractivity contribution in [3.63, 3.8) is 0 Å². The molecule has 0 saturated carbocycles. The number of piperazine rings is 1. The first kappa shape index (κ1) is 30.4. The van der Waals surface area contributed by atoms with Gasteiger partial charge < -0.3 is 14.5 Å². The number of amides is 2. The molecule has 8 nitrogen and oxygen atoms in total. The highest BCUT2D eigenvalue weighted by molar-refractivity contribution is 7.99. The summed E-state index contributed by atoms with van der Waals surface area (Å²) in [4.78, 5) is 30.5. The molecular weight excluding hydrogens is 558 g/mol. The minimum atomic E-state index is -0.150. The van der Waals surface area contributed by atoms with Gasteiger partial charge in [-0.2, -0.15) is 0 Å². The van der Waals surface area contributed by atoms with Gasteiger partial charge in [0, 0.05) is 43.4 Å². The summed E-state index contributed by atoms with van der Waals surface area (Å²) >= 11 is 1.58. The van der Waals surface area contributed by atoms with Crippen molar-refractivity contribution < 1.29 is 14.3 Å². The highest BCUT2D eigenvalue weighted by Gasteiger charge is 2.33. The second-order valence-corrected chi connectivity index (χ2v) is 11.8. The predicted octanol–water partition coefficient (Wildman–Crippen LogP) is 6.07. The maximum absolute atomic E-state index is 13.4. The van der Waals surface area contributed by atoms with E-state index in [0.717, 1.165) is 45.7 Å². The van der Waals surface area contributed by atoms with Crippen molar-refractivity contribution in [2.24, 2.45) is 0 Å². The van der Waals surface area contributed by atoms with E-state index in [9.17, 15) is 9.59 Å². The van der Waals surface area contributed by atoms with E-state index in [1.807, 2.05) is 106 Å². The number of nitrogens with zero attached hydrogens (tertiary/aromatic N) is 5. The Morgan fingerprint density at radius 3 is 2.35 bits per heavy atom. The Kier molecular flexibility index (Phi) is 10.1. The molecule has 1 aliphatic rings. The van der Waals surface area contributed by atoms with Crippen LogP contribution in [0.4, 0.5) is 0 Å². The normalized spacial score (nSPS) is 15.7. The molecule has 43 heavy (non-hydrogen) atoms. The van der Waals surface area contributed by atoms with Crippen LogP contribution in [-0.4, -0.2) is 74.9 Å². The van der Waals surface area contributed by atoms with Crippen LogP contribution in [0.5, 0.6) is 5.75 Å². The number of hydrogen-bond donors (Lipinski definition) is 0. The summed E-state index contributed by atoms with van der Waals surface area (Å²) in [6, 6.07) is 27.8. The Hall–Kier alpha value is -4.11. The van der Waals surface area contributed by atoms with Crippen LogP contribution in [0.3, 0.4) is 0 Å². The number of benzene rings is 3. The molecule has 2 amide bonds. The van der Waals surface area contributed by atoms with E-state index < -0.39 is 0 Å². The standard InChI is InChI=1S/C34H39N5O3S/c1-4-28(26-14-7-5-8-15-26)33(41)38-22-21-37(24-25(38)2)31(40)20-13-23-43-34-36-35-32(27-16-9-6-10-17-27)39(34)29-18-11-12-19-30(29)42-3/h5-12,14-19,25,28H,4,13,20-24H2,1-3H3. The summed E-state index contributed by atoms with van der Waals surface area (Å²) in [5.74, 6) is 2.32. The number of hydrogen-bond acceptors (Lipinski definition) is 6. The molecule has 0 radical (unpaired) electrons. The fourth-order valence-electron chi connectivity index (χ4n) is 5.66. The average Bonchev–Trinajstić information content (AvgIpc) is 3.47. The Bertz CT molecular complexity index is 1510. The molecule has 2 unspecified atom stereocenters. The first-order valence-electron chi connectivity index (χ1n) is 14.9. The maximum Gasteiger partial charge on any atom is 0.230 e. The summed E-state index contributed by atoms with van der Waals surface area (Å²) in [7, 11) is 1.66. The van der Waals surface area contributed by atoms with Crippen LogP contribution in [-0.2, 0) is 9.59 Å².